The zero-order valence-electron chi connectivity index (χ0n) is 11.1. The lowest BCUT2D eigenvalue weighted by molar-refractivity contribution is 0.594. The number of sulfone groups is 1. The van der Waals surface area contributed by atoms with E-state index >= 15 is 0 Å². The monoisotopic (exact) mass is 353 g/mol. The smallest absolute Gasteiger partial charge is 0.158 e. The van der Waals surface area contributed by atoms with Crippen LogP contribution in [0.4, 0.5) is 5.69 Å². The van der Waals surface area contributed by atoms with E-state index in [9.17, 15) is 8.42 Å². The summed E-state index contributed by atoms with van der Waals surface area (Å²) in [6, 6.07) is 12.8. The molecule has 0 aliphatic rings. The van der Waals surface area contributed by atoms with E-state index in [1.54, 1.807) is 18.2 Å². The molecular weight excluding hydrogens is 338 g/mol. The molecule has 0 spiro atoms. The lowest BCUT2D eigenvalue weighted by Crippen LogP contribution is -2.08. The molecule has 0 saturated carbocycles. The average molecular weight is 354 g/mol. The fourth-order valence-electron chi connectivity index (χ4n) is 2.04. The molecule has 0 unspecified atom stereocenters. The zero-order chi connectivity index (χ0) is 14.8. The van der Waals surface area contributed by atoms with E-state index in [1.165, 1.54) is 0 Å². The van der Waals surface area contributed by atoms with Gasteiger partial charge in [0.05, 0.1) is 11.5 Å². The third kappa shape index (κ3) is 4.08. The normalized spacial score (nSPS) is 11.5. The maximum Gasteiger partial charge on any atom is 0.158 e. The molecule has 2 aromatic carbocycles. The molecule has 0 atom stereocenters. The van der Waals surface area contributed by atoms with Crippen LogP contribution in [0, 0.1) is 6.92 Å². The number of hydrogen-bond acceptors (Lipinski definition) is 3. The number of rotatable bonds is 4. The Labute approximate surface area is 127 Å². The van der Waals surface area contributed by atoms with Crippen molar-refractivity contribution >= 4 is 31.5 Å². The van der Waals surface area contributed by atoms with E-state index in [0.29, 0.717) is 11.3 Å². The van der Waals surface area contributed by atoms with E-state index in [0.717, 1.165) is 15.6 Å². The Bertz CT molecular complexity index is 726. The van der Waals surface area contributed by atoms with Gasteiger partial charge in [0.25, 0.3) is 0 Å². The standard InChI is InChI=1S/C15H16BrNO2S/c1-11-3-2-4-12(7-11)9-20(18,19)10-13-5-6-14(16)15(17)8-13/h2-8H,9-10,17H2,1H3. The molecule has 0 heterocycles. The molecule has 3 nitrogen and oxygen atoms in total. The summed E-state index contributed by atoms with van der Waals surface area (Å²) >= 11 is 3.30. The SMILES string of the molecule is Cc1cccc(CS(=O)(=O)Cc2ccc(Br)c(N)c2)c1. The van der Waals surface area contributed by atoms with Gasteiger partial charge in [-0.3, -0.25) is 0 Å². The van der Waals surface area contributed by atoms with Gasteiger partial charge >= 0.3 is 0 Å². The predicted molar refractivity (Wildman–Crippen MR) is 86.1 cm³/mol. The van der Waals surface area contributed by atoms with Crippen molar-refractivity contribution in [3.05, 3.63) is 63.6 Å². The highest BCUT2D eigenvalue weighted by atomic mass is 79.9. The van der Waals surface area contributed by atoms with Crippen LogP contribution in [-0.2, 0) is 21.3 Å². The first-order valence-corrected chi connectivity index (χ1v) is 8.77. The van der Waals surface area contributed by atoms with Crippen LogP contribution in [0.3, 0.4) is 0 Å². The Morgan fingerprint density at radius 1 is 1.05 bits per heavy atom. The van der Waals surface area contributed by atoms with Gasteiger partial charge in [0.2, 0.25) is 0 Å². The molecule has 0 aliphatic carbocycles. The second kappa shape index (κ2) is 5.97. The number of nitrogen functional groups attached to an aromatic ring is 1. The van der Waals surface area contributed by atoms with Gasteiger partial charge in [-0.25, -0.2) is 8.42 Å². The molecule has 5 heteroatoms. The molecular formula is C15H16BrNO2S. The lowest BCUT2D eigenvalue weighted by atomic mass is 10.2. The summed E-state index contributed by atoms with van der Waals surface area (Å²) in [7, 11) is -3.20. The van der Waals surface area contributed by atoms with Gasteiger partial charge in [0, 0.05) is 10.2 Å². The molecule has 20 heavy (non-hydrogen) atoms. The van der Waals surface area contributed by atoms with Gasteiger partial charge in [-0.05, 0) is 46.1 Å². The highest BCUT2D eigenvalue weighted by Crippen LogP contribution is 2.22. The van der Waals surface area contributed by atoms with Crippen LogP contribution in [0.5, 0.6) is 0 Å². The van der Waals surface area contributed by atoms with Crippen molar-refractivity contribution in [3.8, 4) is 0 Å². The third-order valence-electron chi connectivity index (χ3n) is 2.92. The Morgan fingerprint density at radius 3 is 2.30 bits per heavy atom. The summed E-state index contributed by atoms with van der Waals surface area (Å²) in [5.74, 6) is 0.0447. The van der Waals surface area contributed by atoms with Crippen LogP contribution in [-0.4, -0.2) is 8.42 Å². The summed E-state index contributed by atoms with van der Waals surface area (Å²) < 4.78 is 25.2. The van der Waals surface area contributed by atoms with Crippen molar-refractivity contribution < 1.29 is 8.42 Å². The Morgan fingerprint density at radius 2 is 1.70 bits per heavy atom. The molecule has 0 saturated heterocycles. The minimum atomic E-state index is -3.20. The molecule has 0 fully saturated rings. The minimum absolute atomic E-state index is 0.00157. The second-order valence-corrected chi connectivity index (χ2v) is 7.80. The van der Waals surface area contributed by atoms with E-state index in [4.69, 9.17) is 5.73 Å². The van der Waals surface area contributed by atoms with Gasteiger partial charge in [0.15, 0.2) is 9.84 Å². The van der Waals surface area contributed by atoms with E-state index in [2.05, 4.69) is 15.9 Å². The average Bonchev–Trinajstić information content (AvgIpc) is 2.33. The number of halogens is 1. The van der Waals surface area contributed by atoms with Crippen molar-refractivity contribution in [1.82, 2.24) is 0 Å². The van der Waals surface area contributed by atoms with E-state index in [-0.39, 0.29) is 11.5 Å². The number of benzene rings is 2. The second-order valence-electron chi connectivity index (χ2n) is 4.88. The molecule has 2 aromatic rings. The summed E-state index contributed by atoms with van der Waals surface area (Å²) in [6.07, 6.45) is 0. The van der Waals surface area contributed by atoms with Crippen LogP contribution in [0.2, 0.25) is 0 Å². The van der Waals surface area contributed by atoms with E-state index in [1.807, 2.05) is 31.2 Å². The van der Waals surface area contributed by atoms with E-state index < -0.39 is 9.84 Å². The molecule has 2 rings (SSSR count). The highest BCUT2D eigenvalue weighted by Gasteiger charge is 2.14. The van der Waals surface area contributed by atoms with Gasteiger partial charge in [-0.15, -0.1) is 0 Å². The lowest BCUT2D eigenvalue weighted by Gasteiger charge is -2.07. The Kier molecular flexibility index (Phi) is 4.50. The highest BCUT2D eigenvalue weighted by molar-refractivity contribution is 9.10. The largest absolute Gasteiger partial charge is 0.398 e. The number of aryl methyl sites for hydroxylation is 1. The van der Waals surface area contributed by atoms with Crippen LogP contribution >= 0.6 is 15.9 Å². The van der Waals surface area contributed by atoms with Crippen LogP contribution in [0.15, 0.2) is 46.9 Å². The van der Waals surface area contributed by atoms with Crippen molar-refractivity contribution in [2.75, 3.05) is 5.73 Å². The first-order chi connectivity index (χ1) is 9.35. The number of hydrogen-bond donors (Lipinski definition) is 1. The van der Waals surface area contributed by atoms with Crippen LogP contribution in [0.25, 0.3) is 0 Å². The first kappa shape index (κ1) is 15.1. The van der Waals surface area contributed by atoms with Crippen molar-refractivity contribution in [2.45, 2.75) is 18.4 Å². The molecule has 0 aromatic heterocycles. The molecule has 0 radical (unpaired) electrons. The summed E-state index contributed by atoms with van der Waals surface area (Å²) in [4.78, 5) is 0. The zero-order valence-corrected chi connectivity index (χ0v) is 13.5. The molecule has 0 amide bonds. The molecule has 2 N–H and O–H groups in total. The van der Waals surface area contributed by atoms with Gasteiger partial charge in [-0.2, -0.15) is 0 Å². The quantitative estimate of drug-likeness (QED) is 0.856. The fraction of sp³-hybridized carbons (Fsp3) is 0.200. The summed E-state index contributed by atoms with van der Waals surface area (Å²) in [5.41, 5.74) is 8.90. The fourth-order valence-corrected chi connectivity index (χ4v) is 3.77. The van der Waals surface area contributed by atoms with Crippen LogP contribution in [0.1, 0.15) is 16.7 Å². The predicted octanol–water partition coefficient (Wildman–Crippen LogP) is 3.45. The Balaban J connectivity index is 2.17. The minimum Gasteiger partial charge on any atom is -0.398 e. The summed E-state index contributed by atoms with van der Waals surface area (Å²) in [5, 5.41) is 0. The third-order valence-corrected chi connectivity index (χ3v) is 5.18. The maximum atomic E-state index is 12.2. The van der Waals surface area contributed by atoms with Gasteiger partial charge < -0.3 is 5.73 Å². The molecule has 0 aliphatic heterocycles. The first-order valence-electron chi connectivity index (χ1n) is 6.15. The number of anilines is 1. The van der Waals surface area contributed by atoms with Gasteiger partial charge in [0.1, 0.15) is 0 Å². The topological polar surface area (TPSA) is 60.2 Å². The molecule has 0 bridgehead atoms. The maximum absolute atomic E-state index is 12.2. The summed E-state index contributed by atoms with van der Waals surface area (Å²) in [6.45, 7) is 1.95. The van der Waals surface area contributed by atoms with Crippen LogP contribution < -0.4 is 5.73 Å². The Hall–Kier alpha value is -1.33. The molecule has 106 valence electrons. The van der Waals surface area contributed by atoms with Crippen molar-refractivity contribution in [2.24, 2.45) is 0 Å². The van der Waals surface area contributed by atoms with Crippen molar-refractivity contribution in [3.63, 3.8) is 0 Å². The number of nitrogens with two attached hydrogens (primary N) is 1. The van der Waals surface area contributed by atoms with Gasteiger partial charge in [-0.1, -0.05) is 35.9 Å². The van der Waals surface area contributed by atoms with Crippen molar-refractivity contribution in [1.29, 1.82) is 0 Å².